The maximum Gasteiger partial charge on any atom is 0.339 e. The minimum Gasteiger partial charge on any atom is -0.497 e. The molecule has 0 saturated heterocycles. The van der Waals surface area contributed by atoms with Crippen LogP contribution in [0.25, 0.3) is 10.9 Å². The number of ketones is 1. The smallest absolute Gasteiger partial charge is 0.339 e. The number of fused-ring (bicyclic) bond motifs is 2. The van der Waals surface area contributed by atoms with Crippen LogP contribution in [0, 0.1) is 0 Å². The van der Waals surface area contributed by atoms with Crippen LogP contribution >= 0.6 is 0 Å². The van der Waals surface area contributed by atoms with Crippen molar-refractivity contribution in [2.45, 2.75) is 19.5 Å². The molecular formula is C29H26N2O4. The number of para-hydroxylation sites is 1. The lowest BCUT2D eigenvalue weighted by Crippen LogP contribution is -2.32. The first-order valence-corrected chi connectivity index (χ1v) is 11.6. The highest BCUT2D eigenvalue weighted by atomic mass is 16.5. The summed E-state index contributed by atoms with van der Waals surface area (Å²) in [5.74, 6) is -0.206. The maximum atomic E-state index is 13.4. The van der Waals surface area contributed by atoms with Gasteiger partial charge in [-0.25, -0.2) is 4.79 Å². The molecule has 4 aromatic rings. The number of hydrogen-bond acceptors (Lipinski definition) is 6. The molecule has 35 heavy (non-hydrogen) atoms. The number of methoxy groups -OCH3 is 1. The van der Waals surface area contributed by atoms with Crippen LogP contribution in [0.2, 0.25) is 0 Å². The van der Waals surface area contributed by atoms with Crippen LogP contribution in [-0.4, -0.2) is 41.9 Å². The quantitative estimate of drug-likeness (QED) is 0.287. The van der Waals surface area contributed by atoms with Gasteiger partial charge < -0.3 is 9.47 Å². The largest absolute Gasteiger partial charge is 0.497 e. The molecule has 1 aromatic heterocycles. The summed E-state index contributed by atoms with van der Waals surface area (Å²) >= 11 is 0. The van der Waals surface area contributed by atoms with Gasteiger partial charge >= 0.3 is 5.97 Å². The molecule has 0 amide bonds. The molecule has 3 aromatic carbocycles. The van der Waals surface area contributed by atoms with Crippen molar-refractivity contribution < 1.29 is 19.1 Å². The first-order valence-electron chi connectivity index (χ1n) is 11.6. The van der Waals surface area contributed by atoms with Crippen molar-refractivity contribution in [3.63, 3.8) is 0 Å². The Labute approximate surface area is 204 Å². The molecule has 0 fully saturated rings. The summed E-state index contributed by atoms with van der Waals surface area (Å²) in [5.41, 5.74) is 4.71. The predicted octanol–water partition coefficient (Wildman–Crippen LogP) is 4.84. The molecule has 176 valence electrons. The highest BCUT2D eigenvalue weighted by Gasteiger charge is 2.27. The summed E-state index contributed by atoms with van der Waals surface area (Å²) in [4.78, 5) is 33.3. The van der Waals surface area contributed by atoms with Crippen molar-refractivity contribution in [1.82, 2.24) is 9.88 Å². The van der Waals surface area contributed by atoms with E-state index in [1.54, 1.807) is 31.4 Å². The van der Waals surface area contributed by atoms with Gasteiger partial charge in [0.25, 0.3) is 0 Å². The number of Topliss-reactive ketones (excluding diaryl/α,β-unsaturated/α-hetero) is 1. The predicted molar refractivity (Wildman–Crippen MR) is 134 cm³/mol. The fraction of sp³-hybridized carbons (Fsp3) is 0.207. The second-order valence-electron chi connectivity index (χ2n) is 8.61. The normalized spacial score (nSPS) is 13.3. The van der Waals surface area contributed by atoms with Crippen molar-refractivity contribution >= 4 is 22.7 Å². The number of rotatable bonds is 7. The van der Waals surface area contributed by atoms with Gasteiger partial charge in [0.1, 0.15) is 5.75 Å². The number of carbonyl (C=O) groups is 2. The topological polar surface area (TPSA) is 68.7 Å². The minimum absolute atomic E-state index is 0.282. The Morgan fingerprint density at radius 2 is 1.77 bits per heavy atom. The molecule has 0 unspecified atom stereocenters. The summed E-state index contributed by atoms with van der Waals surface area (Å²) in [5, 5.41) is 0.742. The van der Waals surface area contributed by atoms with Crippen LogP contribution in [0.4, 0.5) is 0 Å². The number of pyridine rings is 1. The number of nitrogens with zero attached hydrogens (tertiary/aromatic N) is 2. The monoisotopic (exact) mass is 466 g/mol. The van der Waals surface area contributed by atoms with Crippen molar-refractivity contribution in [2.75, 3.05) is 20.3 Å². The van der Waals surface area contributed by atoms with Gasteiger partial charge in [-0.1, -0.05) is 60.7 Å². The molecule has 0 N–H and O–H groups in total. The summed E-state index contributed by atoms with van der Waals surface area (Å²) in [7, 11) is 1.54. The van der Waals surface area contributed by atoms with E-state index < -0.39 is 5.97 Å². The van der Waals surface area contributed by atoms with Gasteiger partial charge in [0.2, 0.25) is 0 Å². The van der Waals surface area contributed by atoms with Crippen LogP contribution in [0.3, 0.4) is 0 Å². The third kappa shape index (κ3) is 4.93. The van der Waals surface area contributed by atoms with Crippen molar-refractivity contribution in [3.05, 3.63) is 107 Å². The number of hydrogen-bond donors (Lipinski definition) is 0. The maximum absolute atomic E-state index is 13.4. The first-order chi connectivity index (χ1) is 17.1. The van der Waals surface area contributed by atoms with Gasteiger partial charge in [0, 0.05) is 48.3 Å². The second-order valence-corrected chi connectivity index (χ2v) is 8.61. The molecule has 6 nitrogen and oxygen atoms in total. The van der Waals surface area contributed by atoms with Crippen LogP contribution < -0.4 is 4.74 Å². The summed E-state index contributed by atoms with van der Waals surface area (Å²) in [6.45, 7) is 1.90. The number of esters is 1. The van der Waals surface area contributed by atoms with E-state index in [1.807, 2.05) is 42.5 Å². The first kappa shape index (κ1) is 22.7. The van der Waals surface area contributed by atoms with Crippen LogP contribution in [-0.2, 0) is 24.2 Å². The molecule has 0 spiro atoms. The third-order valence-electron chi connectivity index (χ3n) is 6.30. The highest BCUT2D eigenvalue weighted by Crippen LogP contribution is 2.29. The summed E-state index contributed by atoms with van der Waals surface area (Å²) in [6.07, 6.45) is 0.746. The fourth-order valence-corrected chi connectivity index (χ4v) is 4.54. The van der Waals surface area contributed by atoms with Crippen LogP contribution in [0.5, 0.6) is 5.75 Å². The average molecular weight is 467 g/mol. The zero-order chi connectivity index (χ0) is 24.2. The van der Waals surface area contributed by atoms with Gasteiger partial charge in [0.05, 0.1) is 18.2 Å². The molecule has 1 aliphatic rings. The molecule has 6 heteroatoms. The SMILES string of the molecule is COc1cccc(C(=O)COC(=O)c2c3c(nc4ccccc24)CCN(Cc2ccccc2)C3)c1. The number of ether oxygens (including phenoxy) is 2. The summed E-state index contributed by atoms with van der Waals surface area (Å²) in [6, 6.07) is 24.7. The van der Waals surface area contributed by atoms with Crippen molar-refractivity contribution in [3.8, 4) is 5.75 Å². The number of aromatic nitrogens is 1. The van der Waals surface area contributed by atoms with Gasteiger partial charge in [-0.2, -0.15) is 0 Å². The van der Waals surface area contributed by atoms with E-state index in [0.29, 0.717) is 23.4 Å². The Balaban J connectivity index is 1.42. The molecule has 0 saturated carbocycles. The summed E-state index contributed by atoms with van der Waals surface area (Å²) < 4.78 is 10.8. The zero-order valence-corrected chi connectivity index (χ0v) is 19.6. The molecule has 0 aliphatic carbocycles. The van der Waals surface area contributed by atoms with E-state index in [4.69, 9.17) is 14.5 Å². The minimum atomic E-state index is -0.502. The van der Waals surface area contributed by atoms with Gasteiger partial charge in [-0.3, -0.25) is 14.7 Å². The molecule has 5 rings (SSSR count). The van der Waals surface area contributed by atoms with Crippen molar-refractivity contribution in [2.24, 2.45) is 0 Å². The van der Waals surface area contributed by atoms with E-state index in [2.05, 4.69) is 17.0 Å². The van der Waals surface area contributed by atoms with E-state index >= 15 is 0 Å². The van der Waals surface area contributed by atoms with Crippen molar-refractivity contribution in [1.29, 1.82) is 0 Å². The van der Waals surface area contributed by atoms with Gasteiger partial charge in [0.15, 0.2) is 12.4 Å². The highest BCUT2D eigenvalue weighted by molar-refractivity contribution is 6.06. The number of carbonyl (C=O) groups excluding carboxylic acids is 2. The van der Waals surface area contributed by atoms with Gasteiger partial charge in [-0.15, -0.1) is 0 Å². The Kier molecular flexibility index (Phi) is 6.55. The van der Waals surface area contributed by atoms with Gasteiger partial charge in [-0.05, 0) is 23.8 Å². The third-order valence-corrected chi connectivity index (χ3v) is 6.30. The van der Waals surface area contributed by atoms with E-state index in [1.165, 1.54) is 5.56 Å². The Bertz CT molecular complexity index is 1380. The molecule has 0 radical (unpaired) electrons. The van der Waals surface area contributed by atoms with E-state index in [-0.39, 0.29) is 12.4 Å². The average Bonchev–Trinajstić information content (AvgIpc) is 2.90. The lowest BCUT2D eigenvalue weighted by atomic mass is 9.95. The molecule has 0 bridgehead atoms. The number of benzene rings is 3. The fourth-order valence-electron chi connectivity index (χ4n) is 4.54. The molecule has 1 aliphatic heterocycles. The zero-order valence-electron chi connectivity index (χ0n) is 19.6. The Hall–Kier alpha value is -4.03. The molecule has 2 heterocycles. The lowest BCUT2D eigenvalue weighted by Gasteiger charge is -2.30. The Morgan fingerprint density at radius 1 is 0.971 bits per heavy atom. The van der Waals surface area contributed by atoms with Crippen LogP contribution in [0.15, 0.2) is 78.9 Å². The Morgan fingerprint density at radius 3 is 2.60 bits per heavy atom. The van der Waals surface area contributed by atoms with E-state index in [9.17, 15) is 9.59 Å². The molecular weight excluding hydrogens is 440 g/mol. The lowest BCUT2D eigenvalue weighted by molar-refractivity contribution is 0.0473. The van der Waals surface area contributed by atoms with Crippen LogP contribution in [0.1, 0.15) is 37.5 Å². The van der Waals surface area contributed by atoms with E-state index in [0.717, 1.165) is 41.7 Å². The molecule has 0 atom stereocenters. The second kappa shape index (κ2) is 10.1. The standard InChI is InChI=1S/C29H26N2O4/c1-34-22-11-7-10-21(16-22)27(32)19-35-29(33)28-23-12-5-6-13-25(23)30-26-14-15-31(18-24(26)28)17-20-8-3-2-4-9-20/h2-13,16H,14-15,17-19H2,1H3.